The number of nitrogens with zero attached hydrogens (tertiary/aromatic N) is 3. The van der Waals surface area contributed by atoms with Gasteiger partial charge in [-0.1, -0.05) is 12.8 Å². The first-order valence-corrected chi connectivity index (χ1v) is 8.35. The molecule has 0 aromatic heterocycles. The first-order valence-electron chi connectivity index (χ1n) is 8.35. The first kappa shape index (κ1) is 18.9. The molecule has 2 amide bonds. The molecule has 1 fully saturated rings. The molecule has 0 aliphatic heterocycles. The summed E-state index contributed by atoms with van der Waals surface area (Å²) in [7, 11) is 1.58. The van der Waals surface area contributed by atoms with Crippen LogP contribution in [0.25, 0.3) is 0 Å². The standard InChI is InChI=1S/C18H23FN4O2/c1-22(10-14-8-13(9-20)6-7-16(14)19)18(25)12-23(11-17(21)24)15-4-2-3-5-15/h6-8,15H,2-5,10-12H2,1H3,(H2,21,24). The third-order valence-corrected chi connectivity index (χ3v) is 4.55. The molecule has 0 heterocycles. The van der Waals surface area contributed by atoms with Gasteiger partial charge in [0.25, 0.3) is 0 Å². The SMILES string of the molecule is CN(Cc1cc(C#N)ccc1F)C(=O)CN(CC(N)=O)C1CCCC1. The molecule has 0 spiro atoms. The molecule has 7 heteroatoms. The van der Waals surface area contributed by atoms with Crippen LogP contribution in [0.1, 0.15) is 36.8 Å². The molecule has 6 nitrogen and oxygen atoms in total. The van der Waals surface area contributed by atoms with E-state index in [0.29, 0.717) is 5.56 Å². The van der Waals surface area contributed by atoms with Gasteiger partial charge in [-0.25, -0.2) is 4.39 Å². The van der Waals surface area contributed by atoms with Gasteiger partial charge in [-0.3, -0.25) is 14.5 Å². The van der Waals surface area contributed by atoms with Crippen molar-refractivity contribution in [2.75, 3.05) is 20.1 Å². The predicted octanol–water partition coefficient (Wildman–Crippen LogP) is 1.39. The maximum absolute atomic E-state index is 13.9. The van der Waals surface area contributed by atoms with Crippen molar-refractivity contribution >= 4 is 11.8 Å². The highest BCUT2D eigenvalue weighted by atomic mass is 19.1. The van der Waals surface area contributed by atoms with E-state index in [-0.39, 0.29) is 37.1 Å². The molecule has 134 valence electrons. The summed E-state index contributed by atoms with van der Waals surface area (Å²) in [5.41, 5.74) is 5.94. The Morgan fingerprint density at radius 3 is 2.60 bits per heavy atom. The van der Waals surface area contributed by atoms with E-state index in [1.165, 1.54) is 23.1 Å². The van der Waals surface area contributed by atoms with Gasteiger partial charge >= 0.3 is 0 Å². The van der Waals surface area contributed by atoms with Crippen LogP contribution in [0.3, 0.4) is 0 Å². The molecule has 0 radical (unpaired) electrons. The van der Waals surface area contributed by atoms with Crippen molar-refractivity contribution < 1.29 is 14.0 Å². The van der Waals surface area contributed by atoms with E-state index in [4.69, 9.17) is 11.0 Å². The molecule has 25 heavy (non-hydrogen) atoms. The number of hydrogen-bond acceptors (Lipinski definition) is 4. The van der Waals surface area contributed by atoms with E-state index >= 15 is 0 Å². The van der Waals surface area contributed by atoms with Crippen LogP contribution in [0.4, 0.5) is 4.39 Å². The number of nitriles is 1. The fraction of sp³-hybridized carbons (Fsp3) is 0.500. The van der Waals surface area contributed by atoms with Crippen molar-refractivity contribution in [3.8, 4) is 6.07 Å². The fourth-order valence-electron chi connectivity index (χ4n) is 3.19. The Balaban J connectivity index is 2.02. The van der Waals surface area contributed by atoms with E-state index < -0.39 is 11.7 Å². The van der Waals surface area contributed by atoms with E-state index in [1.807, 2.05) is 11.0 Å². The number of nitrogens with two attached hydrogens (primary N) is 1. The molecular weight excluding hydrogens is 323 g/mol. The summed E-state index contributed by atoms with van der Waals surface area (Å²) in [6.45, 7) is 0.182. The zero-order valence-electron chi connectivity index (χ0n) is 14.4. The van der Waals surface area contributed by atoms with Crippen LogP contribution in [-0.4, -0.2) is 47.8 Å². The molecule has 1 aromatic rings. The van der Waals surface area contributed by atoms with Gasteiger partial charge in [0.05, 0.1) is 24.7 Å². The number of hydrogen-bond donors (Lipinski definition) is 1. The first-order chi connectivity index (χ1) is 11.9. The summed E-state index contributed by atoms with van der Waals surface area (Å²) < 4.78 is 13.9. The van der Waals surface area contributed by atoms with E-state index in [2.05, 4.69) is 0 Å². The number of carbonyl (C=O) groups is 2. The number of likely N-dealkylation sites (N-methyl/N-ethyl adjacent to an activating group) is 1. The second kappa shape index (κ2) is 8.58. The van der Waals surface area contributed by atoms with E-state index in [1.54, 1.807) is 7.05 Å². The summed E-state index contributed by atoms with van der Waals surface area (Å²) >= 11 is 0. The monoisotopic (exact) mass is 346 g/mol. The lowest BCUT2D eigenvalue weighted by atomic mass is 10.1. The van der Waals surface area contributed by atoms with Crippen molar-refractivity contribution in [2.24, 2.45) is 5.73 Å². The molecule has 2 rings (SSSR count). The lowest BCUT2D eigenvalue weighted by Crippen LogP contribution is -2.46. The highest BCUT2D eigenvalue weighted by Crippen LogP contribution is 2.23. The van der Waals surface area contributed by atoms with Crippen molar-refractivity contribution in [2.45, 2.75) is 38.3 Å². The van der Waals surface area contributed by atoms with Crippen LogP contribution < -0.4 is 5.73 Å². The molecule has 0 saturated heterocycles. The molecule has 1 aliphatic carbocycles. The Morgan fingerprint density at radius 1 is 1.32 bits per heavy atom. The minimum Gasteiger partial charge on any atom is -0.369 e. The van der Waals surface area contributed by atoms with Crippen LogP contribution in [0.15, 0.2) is 18.2 Å². The highest BCUT2D eigenvalue weighted by Gasteiger charge is 2.26. The Bertz CT molecular complexity index is 680. The normalized spacial score (nSPS) is 14.5. The highest BCUT2D eigenvalue weighted by molar-refractivity contribution is 5.80. The summed E-state index contributed by atoms with van der Waals surface area (Å²) in [5, 5.41) is 8.92. The van der Waals surface area contributed by atoms with Gasteiger partial charge in [0, 0.05) is 25.2 Å². The largest absolute Gasteiger partial charge is 0.369 e. The quantitative estimate of drug-likeness (QED) is 0.808. The number of amides is 2. The fourth-order valence-corrected chi connectivity index (χ4v) is 3.19. The van der Waals surface area contributed by atoms with Gasteiger partial charge in [-0.15, -0.1) is 0 Å². The van der Waals surface area contributed by atoms with Crippen molar-refractivity contribution in [3.63, 3.8) is 0 Å². The van der Waals surface area contributed by atoms with Crippen molar-refractivity contribution in [3.05, 3.63) is 35.1 Å². The van der Waals surface area contributed by atoms with E-state index in [0.717, 1.165) is 25.7 Å². The summed E-state index contributed by atoms with van der Waals surface area (Å²) in [6, 6.07) is 6.21. The molecule has 2 N–H and O–H groups in total. The molecule has 0 atom stereocenters. The van der Waals surface area contributed by atoms with Gasteiger partial charge in [0.1, 0.15) is 5.82 Å². The molecule has 0 bridgehead atoms. The lowest BCUT2D eigenvalue weighted by molar-refractivity contribution is -0.133. The van der Waals surface area contributed by atoms with Crippen LogP contribution in [0.2, 0.25) is 0 Å². The summed E-state index contributed by atoms with van der Waals surface area (Å²) in [6.07, 6.45) is 4.05. The second-order valence-corrected chi connectivity index (χ2v) is 6.48. The third kappa shape index (κ3) is 5.26. The minimum atomic E-state index is -0.463. The van der Waals surface area contributed by atoms with Crippen molar-refractivity contribution in [1.29, 1.82) is 5.26 Å². The van der Waals surface area contributed by atoms with Gasteiger partial charge in [0.2, 0.25) is 11.8 Å². The number of carbonyl (C=O) groups excluding carboxylic acids is 2. The Kier molecular flexibility index (Phi) is 6.48. The van der Waals surface area contributed by atoms with Gasteiger partial charge in [0.15, 0.2) is 0 Å². The van der Waals surface area contributed by atoms with E-state index in [9.17, 15) is 14.0 Å². The zero-order valence-corrected chi connectivity index (χ0v) is 14.4. The maximum Gasteiger partial charge on any atom is 0.236 e. The van der Waals surface area contributed by atoms with Gasteiger partial charge < -0.3 is 10.6 Å². The molecule has 0 unspecified atom stereocenters. The van der Waals surface area contributed by atoms with Crippen LogP contribution in [-0.2, 0) is 16.1 Å². The number of rotatable bonds is 7. The van der Waals surface area contributed by atoms with Crippen molar-refractivity contribution in [1.82, 2.24) is 9.80 Å². The van der Waals surface area contributed by atoms with Crippen LogP contribution in [0.5, 0.6) is 0 Å². The topological polar surface area (TPSA) is 90.4 Å². The zero-order chi connectivity index (χ0) is 18.4. The van der Waals surface area contributed by atoms with Crippen LogP contribution in [0, 0.1) is 17.1 Å². The number of primary amides is 1. The maximum atomic E-state index is 13.9. The van der Waals surface area contributed by atoms with Gasteiger partial charge in [-0.05, 0) is 31.0 Å². The smallest absolute Gasteiger partial charge is 0.236 e. The lowest BCUT2D eigenvalue weighted by Gasteiger charge is -2.29. The summed E-state index contributed by atoms with van der Waals surface area (Å²) in [5.74, 6) is -1.13. The average molecular weight is 346 g/mol. The molecular formula is C18H23FN4O2. The predicted molar refractivity (Wildman–Crippen MR) is 90.6 cm³/mol. The Morgan fingerprint density at radius 2 is 2.00 bits per heavy atom. The molecule has 1 aromatic carbocycles. The second-order valence-electron chi connectivity index (χ2n) is 6.48. The number of halogens is 1. The van der Waals surface area contributed by atoms with Gasteiger partial charge in [-0.2, -0.15) is 5.26 Å². The third-order valence-electron chi connectivity index (χ3n) is 4.55. The average Bonchev–Trinajstić information content (AvgIpc) is 3.10. The minimum absolute atomic E-state index is 0.0442. The Hall–Kier alpha value is -2.46. The molecule has 1 aliphatic rings. The molecule has 1 saturated carbocycles. The summed E-state index contributed by atoms with van der Waals surface area (Å²) in [4.78, 5) is 27.0. The van der Waals surface area contributed by atoms with Crippen LogP contribution >= 0.6 is 0 Å². The number of benzene rings is 1. The Labute approximate surface area is 147 Å².